The van der Waals surface area contributed by atoms with Gasteiger partial charge in [-0.1, -0.05) is 6.07 Å². The fourth-order valence-corrected chi connectivity index (χ4v) is 3.66. The molecule has 5 nitrogen and oxygen atoms in total. The number of nitrogens with zero attached hydrogens (tertiary/aromatic N) is 1. The van der Waals surface area contributed by atoms with Crippen molar-refractivity contribution in [1.82, 2.24) is 4.90 Å². The first kappa shape index (κ1) is 16.8. The summed E-state index contributed by atoms with van der Waals surface area (Å²) in [5.41, 5.74) is 3.15. The fraction of sp³-hybridized carbons (Fsp3) is 0.526. The lowest BCUT2D eigenvalue weighted by Gasteiger charge is -2.30. The van der Waals surface area contributed by atoms with Gasteiger partial charge in [0.1, 0.15) is 11.5 Å². The number of fused-ring (bicyclic) bond motifs is 1. The smallest absolute Gasteiger partial charge is 0.338 e. The quantitative estimate of drug-likeness (QED) is 0.841. The van der Waals surface area contributed by atoms with Gasteiger partial charge in [-0.3, -0.25) is 4.90 Å². The molecule has 0 bridgehead atoms. The first-order valence-corrected chi connectivity index (χ1v) is 8.59. The molecule has 0 saturated heterocycles. The van der Waals surface area contributed by atoms with Crippen LogP contribution in [-0.2, 0) is 16.0 Å². The Morgan fingerprint density at radius 1 is 1.38 bits per heavy atom. The predicted molar refractivity (Wildman–Crippen MR) is 91.4 cm³/mol. The number of carbonyl (C=O) groups is 1. The minimum atomic E-state index is -0.395. The largest absolute Gasteiger partial charge is 0.512 e. The summed E-state index contributed by atoms with van der Waals surface area (Å²) in [7, 11) is 1.69. The van der Waals surface area contributed by atoms with Gasteiger partial charge < -0.3 is 14.6 Å². The van der Waals surface area contributed by atoms with Gasteiger partial charge in [0.15, 0.2) is 0 Å². The van der Waals surface area contributed by atoms with Crippen molar-refractivity contribution >= 4 is 5.97 Å². The maximum atomic E-state index is 12.0. The highest BCUT2D eigenvalue weighted by atomic mass is 16.5. The molecule has 5 heteroatoms. The van der Waals surface area contributed by atoms with Crippen LogP contribution in [0.4, 0.5) is 0 Å². The van der Waals surface area contributed by atoms with Crippen LogP contribution in [0.2, 0.25) is 0 Å². The highest BCUT2D eigenvalue weighted by molar-refractivity contribution is 5.89. The summed E-state index contributed by atoms with van der Waals surface area (Å²) >= 11 is 0. The Morgan fingerprint density at radius 3 is 2.96 bits per heavy atom. The number of aliphatic hydroxyl groups excluding tert-OH is 1. The Labute approximate surface area is 142 Å². The molecule has 1 aromatic carbocycles. The van der Waals surface area contributed by atoms with Crippen LogP contribution in [0.25, 0.3) is 0 Å². The molecule has 3 rings (SSSR count). The van der Waals surface area contributed by atoms with E-state index in [1.807, 2.05) is 6.07 Å². The molecular weight excluding hydrogens is 306 g/mol. The Kier molecular flexibility index (Phi) is 5.09. The zero-order chi connectivity index (χ0) is 17.1. The van der Waals surface area contributed by atoms with Crippen molar-refractivity contribution in [2.45, 2.75) is 32.1 Å². The van der Waals surface area contributed by atoms with E-state index in [0.29, 0.717) is 31.1 Å². The Morgan fingerprint density at radius 2 is 2.21 bits per heavy atom. The predicted octanol–water partition coefficient (Wildman–Crippen LogP) is 2.81. The van der Waals surface area contributed by atoms with Crippen LogP contribution in [0.3, 0.4) is 0 Å². The average Bonchev–Trinajstić information content (AvgIpc) is 2.98. The van der Waals surface area contributed by atoms with E-state index in [-0.39, 0.29) is 5.76 Å². The molecule has 0 saturated carbocycles. The van der Waals surface area contributed by atoms with Gasteiger partial charge in [-0.05, 0) is 48.9 Å². The Hall–Kier alpha value is -2.01. The van der Waals surface area contributed by atoms with Crippen LogP contribution in [0.1, 0.15) is 36.8 Å². The molecule has 1 aliphatic carbocycles. The van der Waals surface area contributed by atoms with Crippen molar-refractivity contribution in [3.63, 3.8) is 0 Å². The molecule has 1 N–H and O–H groups in total. The van der Waals surface area contributed by atoms with E-state index in [4.69, 9.17) is 9.47 Å². The molecule has 0 aromatic heterocycles. The molecule has 1 aliphatic heterocycles. The second-order valence-corrected chi connectivity index (χ2v) is 6.43. The Balaban J connectivity index is 1.69. The number of carbonyl (C=O) groups excluding carboxylic acids is 1. The van der Waals surface area contributed by atoms with Crippen LogP contribution < -0.4 is 4.74 Å². The minimum absolute atomic E-state index is 0.179. The molecule has 0 radical (unpaired) electrons. The monoisotopic (exact) mass is 331 g/mol. The lowest BCUT2D eigenvalue weighted by atomic mass is 9.98. The van der Waals surface area contributed by atoms with Gasteiger partial charge in [-0.15, -0.1) is 0 Å². The number of rotatable bonds is 5. The maximum Gasteiger partial charge on any atom is 0.338 e. The number of ether oxygens (including phenoxy) is 2. The highest BCUT2D eigenvalue weighted by Gasteiger charge is 2.29. The summed E-state index contributed by atoms with van der Waals surface area (Å²) in [6.45, 7) is 4.21. The summed E-state index contributed by atoms with van der Waals surface area (Å²) in [5.74, 6) is 1.12. The topological polar surface area (TPSA) is 59.0 Å². The lowest BCUT2D eigenvalue weighted by Crippen LogP contribution is -2.37. The number of hydrogen-bond acceptors (Lipinski definition) is 5. The third kappa shape index (κ3) is 3.41. The molecule has 1 unspecified atom stereocenters. The van der Waals surface area contributed by atoms with Crippen molar-refractivity contribution in [3.05, 3.63) is 40.7 Å². The van der Waals surface area contributed by atoms with Crippen LogP contribution in [0.5, 0.6) is 5.75 Å². The average molecular weight is 331 g/mol. The summed E-state index contributed by atoms with van der Waals surface area (Å²) in [4.78, 5) is 14.2. The summed E-state index contributed by atoms with van der Waals surface area (Å²) in [6, 6.07) is 6.30. The SMILES string of the molecule is CCOC(=O)C1=C(O)CCN(CC2CCc3ccc(OC)cc32)C1. The highest BCUT2D eigenvalue weighted by Crippen LogP contribution is 2.36. The van der Waals surface area contributed by atoms with Crippen molar-refractivity contribution in [3.8, 4) is 5.75 Å². The van der Waals surface area contributed by atoms with Crippen molar-refractivity contribution in [2.24, 2.45) is 0 Å². The van der Waals surface area contributed by atoms with E-state index in [1.54, 1.807) is 14.0 Å². The van der Waals surface area contributed by atoms with E-state index in [0.717, 1.165) is 31.7 Å². The van der Waals surface area contributed by atoms with E-state index in [2.05, 4.69) is 17.0 Å². The molecular formula is C19H25NO4. The van der Waals surface area contributed by atoms with Crippen molar-refractivity contribution in [2.75, 3.05) is 33.4 Å². The van der Waals surface area contributed by atoms with Crippen LogP contribution in [-0.4, -0.2) is 49.3 Å². The van der Waals surface area contributed by atoms with Gasteiger partial charge in [-0.25, -0.2) is 4.79 Å². The first-order valence-electron chi connectivity index (χ1n) is 8.59. The second kappa shape index (κ2) is 7.26. The number of aliphatic hydroxyl groups is 1. The second-order valence-electron chi connectivity index (χ2n) is 6.43. The molecule has 2 aliphatic rings. The zero-order valence-electron chi connectivity index (χ0n) is 14.4. The van der Waals surface area contributed by atoms with Gasteiger partial charge in [0, 0.05) is 26.1 Å². The maximum absolute atomic E-state index is 12.0. The van der Waals surface area contributed by atoms with Crippen molar-refractivity contribution < 1.29 is 19.4 Å². The number of aryl methyl sites for hydroxylation is 1. The van der Waals surface area contributed by atoms with E-state index in [9.17, 15) is 9.90 Å². The number of methoxy groups -OCH3 is 1. The van der Waals surface area contributed by atoms with Gasteiger partial charge in [-0.2, -0.15) is 0 Å². The molecule has 24 heavy (non-hydrogen) atoms. The molecule has 0 spiro atoms. The molecule has 0 fully saturated rings. The standard InChI is InChI=1S/C19H25NO4/c1-3-24-19(22)17-12-20(9-8-18(17)21)11-14-5-4-13-6-7-15(23-2)10-16(13)14/h6-7,10,14,21H,3-5,8-9,11-12H2,1-2H3. The zero-order valence-corrected chi connectivity index (χ0v) is 14.4. The van der Waals surface area contributed by atoms with Crippen LogP contribution >= 0.6 is 0 Å². The third-order valence-electron chi connectivity index (χ3n) is 4.95. The third-order valence-corrected chi connectivity index (χ3v) is 4.95. The lowest BCUT2D eigenvalue weighted by molar-refractivity contribution is -0.139. The molecule has 1 heterocycles. The van der Waals surface area contributed by atoms with E-state index < -0.39 is 5.97 Å². The van der Waals surface area contributed by atoms with Crippen molar-refractivity contribution in [1.29, 1.82) is 0 Å². The molecule has 1 aromatic rings. The van der Waals surface area contributed by atoms with Crippen LogP contribution in [0, 0.1) is 0 Å². The normalized spacial score (nSPS) is 20.8. The summed E-state index contributed by atoms with van der Waals surface area (Å²) < 4.78 is 10.4. The summed E-state index contributed by atoms with van der Waals surface area (Å²) in [6.07, 6.45) is 2.71. The molecule has 1 atom stereocenters. The van der Waals surface area contributed by atoms with Crippen LogP contribution in [0.15, 0.2) is 29.5 Å². The molecule has 0 amide bonds. The fourth-order valence-electron chi connectivity index (χ4n) is 3.66. The van der Waals surface area contributed by atoms with Gasteiger partial charge in [0.25, 0.3) is 0 Å². The van der Waals surface area contributed by atoms with Gasteiger partial charge >= 0.3 is 5.97 Å². The number of hydrogen-bond donors (Lipinski definition) is 1. The summed E-state index contributed by atoms with van der Waals surface area (Å²) in [5, 5.41) is 10.0. The number of benzene rings is 1. The Bertz CT molecular complexity index is 653. The molecule has 130 valence electrons. The first-order chi connectivity index (χ1) is 11.6. The van der Waals surface area contributed by atoms with Gasteiger partial charge in [0.2, 0.25) is 0 Å². The van der Waals surface area contributed by atoms with Gasteiger partial charge in [0.05, 0.1) is 19.3 Å². The van der Waals surface area contributed by atoms with E-state index >= 15 is 0 Å². The minimum Gasteiger partial charge on any atom is -0.512 e. The van der Waals surface area contributed by atoms with E-state index in [1.165, 1.54) is 11.1 Å². The number of esters is 1.